The molecule has 0 amide bonds. The molecule has 0 spiro atoms. The molecule has 1 aliphatic heterocycles. The van der Waals surface area contributed by atoms with Gasteiger partial charge >= 0.3 is 0 Å². The van der Waals surface area contributed by atoms with Crippen LogP contribution in [0, 0.1) is 11.7 Å². The minimum absolute atomic E-state index is 0.163. The summed E-state index contributed by atoms with van der Waals surface area (Å²) in [6.45, 7) is 9.20. The maximum Gasteiger partial charge on any atom is 0.127 e. The van der Waals surface area contributed by atoms with Crippen LogP contribution in [0.5, 0.6) is 0 Å². The molecule has 0 aromatic heterocycles. The number of hydrogen-bond acceptors (Lipinski definition) is 2. The third-order valence-electron chi connectivity index (χ3n) is 4.33. The molecule has 3 unspecified atom stereocenters. The predicted octanol–water partition coefficient (Wildman–Crippen LogP) is 3.69. The van der Waals surface area contributed by atoms with E-state index in [0.717, 1.165) is 19.5 Å². The molecular weight excluding hydrogens is 275 g/mol. The normalized spacial score (nSPS) is 25.6. The quantitative estimate of drug-likeness (QED) is 0.912. The Morgan fingerprint density at radius 1 is 1.50 bits per heavy atom. The maximum absolute atomic E-state index is 13.9. The molecule has 20 heavy (non-hydrogen) atoms. The first-order valence-electron chi connectivity index (χ1n) is 7.42. The van der Waals surface area contributed by atoms with Crippen molar-refractivity contribution in [3.63, 3.8) is 0 Å². The molecule has 1 heterocycles. The molecule has 2 nitrogen and oxygen atoms in total. The Bertz CT molecular complexity index is 452. The highest BCUT2D eigenvalue weighted by molar-refractivity contribution is 6.30. The smallest absolute Gasteiger partial charge is 0.127 e. The molecule has 0 bridgehead atoms. The van der Waals surface area contributed by atoms with Gasteiger partial charge in [-0.05, 0) is 31.0 Å². The van der Waals surface area contributed by atoms with Gasteiger partial charge in [-0.2, -0.15) is 0 Å². The second-order valence-corrected chi connectivity index (χ2v) is 6.36. The standard InChI is InChI=1S/C16H24ClFN2/c1-4-11(2)16-8-19-12(3)9-20(16)10-13-7-14(17)5-6-15(13)18/h5-7,11-12,16,19H,4,8-10H2,1-3H3. The minimum atomic E-state index is -0.163. The van der Waals surface area contributed by atoms with Gasteiger partial charge in [-0.1, -0.05) is 31.9 Å². The van der Waals surface area contributed by atoms with Crippen LogP contribution in [0.2, 0.25) is 5.02 Å². The van der Waals surface area contributed by atoms with Crippen LogP contribution >= 0.6 is 11.6 Å². The first-order chi connectivity index (χ1) is 9.51. The molecule has 1 aromatic carbocycles. The number of halogens is 2. The number of piperazine rings is 1. The number of nitrogens with one attached hydrogen (secondary N) is 1. The summed E-state index contributed by atoms with van der Waals surface area (Å²) in [5, 5.41) is 4.13. The Labute approximate surface area is 126 Å². The molecule has 0 aliphatic carbocycles. The van der Waals surface area contributed by atoms with Crippen LogP contribution in [0.15, 0.2) is 18.2 Å². The molecule has 1 aliphatic rings. The SMILES string of the molecule is CCC(C)C1CNC(C)CN1Cc1cc(Cl)ccc1F. The Hall–Kier alpha value is -0.640. The maximum atomic E-state index is 13.9. The van der Waals surface area contributed by atoms with Gasteiger partial charge in [0.1, 0.15) is 5.82 Å². The zero-order chi connectivity index (χ0) is 14.7. The summed E-state index contributed by atoms with van der Waals surface area (Å²) in [7, 11) is 0. The first-order valence-corrected chi connectivity index (χ1v) is 7.80. The summed E-state index contributed by atoms with van der Waals surface area (Å²) in [5.41, 5.74) is 0.694. The van der Waals surface area contributed by atoms with Crippen LogP contribution < -0.4 is 5.32 Å². The van der Waals surface area contributed by atoms with Crippen molar-refractivity contribution in [2.24, 2.45) is 5.92 Å². The van der Waals surface area contributed by atoms with E-state index in [4.69, 9.17) is 11.6 Å². The van der Waals surface area contributed by atoms with Crippen molar-refractivity contribution >= 4 is 11.6 Å². The van der Waals surface area contributed by atoms with Crippen molar-refractivity contribution < 1.29 is 4.39 Å². The largest absolute Gasteiger partial charge is 0.311 e. The third-order valence-corrected chi connectivity index (χ3v) is 4.57. The van der Waals surface area contributed by atoms with Crippen LogP contribution in [0.3, 0.4) is 0 Å². The summed E-state index contributed by atoms with van der Waals surface area (Å²) in [6, 6.07) is 5.71. The lowest BCUT2D eigenvalue weighted by Crippen LogP contribution is -2.57. The van der Waals surface area contributed by atoms with Gasteiger partial charge in [0.05, 0.1) is 0 Å². The fourth-order valence-electron chi connectivity index (χ4n) is 2.90. The lowest BCUT2D eigenvalue weighted by atomic mass is 9.94. The molecule has 112 valence electrons. The van der Waals surface area contributed by atoms with Crippen molar-refractivity contribution in [1.29, 1.82) is 0 Å². The molecule has 1 aromatic rings. The van der Waals surface area contributed by atoms with Gasteiger partial charge in [0, 0.05) is 42.3 Å². The Balaban J connectivity index is 2.16. The summed E-state index contributed by atoms with van der Waals surface area (Å²) in [5.74, 6) is 0.431. The summed E-state index contributed by atoms with van der Waals surface area (Å²) >= 11 is 5.99. The van der Waals surface area contributed by atoms with Gasteiger partial charge in [0.15, 0.2) is 0 Å². The third kappa shape index (κ3) is 3.72. The topological polar surface area (TPSA) is 15.3 Å². The molecule has 1 fully saturated rings. The van der Waals surface area contributed by atoms with E-state index in [1.165, 1.54) is 6.07 Å². The van der Waals surface area contributed by atoms with E-state index in [1.54, 1.807) is 12.1 Å². The first kappa shape index (κ1) is 15.7. The Kier molecular flexibility index (Phi) is 5.42. The second-order valence-electron chi connectivity index (χ2n) is 5.93. The number of hydrogen-bond donors (Lipinski definition) is 1. The van der Waals surface area contributed by atoms with Gasteiger partial charge in [-0.3, -0.25) is 4.90 Å². The summed E-state index contributed by atoms with van der Waals surface area (Å²) < 4.78 is 13.9. The Morgan fingerprint density at radius 3 is 2.95 bits per heavy atom. The van der Waals surface area contributed by atoms with E-state index in [9.17, 15) is 4.39 Å². The lowest BCUT2D eigenvalue weighted by Gasteiger charge is -2.42. The van der Waals surface area contributed by atoms with E-state index in [-0.39, 0.29) is 5.82 Å². The molecule has 2 rings (SSSR count). The second kappa shape index (κ2) is 6.88. The van der Waals surface area contributed by atoms with Crippen LogP contribution in [0.1, 0.15) is 32.8 Å². The zero-order valence-electron chi connectivity index (χ0n) is 12.5. The summed E-state index contributed by atoms with van der Waals surface area (Å²) in [4.78, 5) is 2.39. The highest BCUT2D eigenvalue weighted by Crippen LogP contribution is 2.23. The van der Waals surface area contributed by atoms with Gasteiger partial charge in [0.25, 0.3) is 0 Å². The van der Waals surface area contributed by atoms with Crippen molar-refractivity contribution in [3.8, 4) is 0 Å². The number of rotatable bonds is 4. The highest BCUT2D eigenvalue weighted by atomic mass is 35.5. The summed E-state index contributed by atoms with van der Waals surface area (Å²) in [6.07, 6.45) is 1.13. The van der Waals surface area contributed by atoms with Crippen LogP contribution in [0.25, 0.3) is 0 Å². The van der Waals surface area contributed by atoms with Gasteiger partial charge in [-0.25, -0.2) is 4.39 Å². The molecular formula is C16H24ClFN2. The van der Waals surface area contributed by atoms with Crippen molar-refractivity contribution in [1.82, 2.24) is 10.2 Å². The van der Waals surface area contributed by atoms with E-state index in [2.05, 4.69) is 31.0 Å². The van der Waals surface area contributed by atoms with Crippen LogP contribution in [0.4, 0.5) is 4.39 Å². The van der Waals surface area contributed by atoms with E-state index in [0.29, 0.717) is 35.1 Å². The van der Waals surface area contributed by atoms with Crippen molar-refractivity contribution in [3.05, 3.63) is 34.6 Å². The van der Waals surface area contributed by atoms with Crippen LogP contribution in [-0.4, -0.2) is 30.1 Å². The highest BCUT2D eigenvalue weighted by Gasteiger charge is 2.29. The van der Waals surface area contributed by atoms with Crippen molar-refractivity contribution in [2.45, 2.75) is 45.8 Å². The molecule has 4 heteroatoms. The lowest BCUT2D eigenvalue weighted by molar-refractivity contribution is 0.0874. The minimum Gasteiger partial charge on any atom is -0.311 e. The fraction of sp³-hybridized carbons (Fsp3) is 0.625. The average molecular weight is 299 g/mol. The molecule has 3 atom stereocenters. The van der Waals surface area contributed by atoms with E-state index >= 15 is 0 Å². The van der Waals surface area contributed by atoms with Crippen molar-refractivity contribution in [2.75, 3.05) is 13.1 Å². The number of benzene rings is 1. The van der Waals surface area contributed by atoms with Gasteiger partial charge in [-0.15, -0.1) is 0 Å². The zero-order valence-corrected chi connectivity index (χ0v) is 13.3. The van der Waals surface area contributed by atoms with Gasteiger partial charge < -0.3 is 5.32 Å². The molecule has 0 saturated carbocycles. The Morgan fingerprint density at radius 2 is 2.25 bits per heavy atom. The fourth-order valence-corrected chi connectivity index (χ4v) is 3.10. The number of nitrogens with zero attached hydrogens (tertiary/aromatic N) is 1. The van der Waals surface area contributed by atoms with E-state index in [1.807, 2.05) is 0 Å². The van der Waals surface area contributed by atoms with Crippen LogP contribution in [-0.2, 0) is 6.54 Å². The van der Waals surface area contributed by atoms with E-state index < -0.39 is 0 Å². The van der Waals surface area contributed by atoms with Gasteiger partial charge in [0.2, 0.25) is 0 Å². The monoisotopic (exact) mass is 298 g/mol. The average Bonchev–Trinajstić information content (AvgIpc) is 2.42. The molecule has 0 radical (unpaired) electrons. The predicted molar refractivity (Wildman–Crippen MR) is 82.5 cm³/mol. The molecule has 1 saturated heterocycles. The molecule has 1 N–H and O–H groups in total.